The van der Waals surface area contributed by atoms with Gasteiger partial charge in [-0.05, 0) is 0 Å². The average molecular weight is 87.1 g/mol. The monoisotopic (exact) mass is 87.0 g/mol. The maximum absolute atomic E-state index is 8.28. The fraction of sp³-hybridized carbons (Fsp3) is 0.333. The zero-order valence-corrected chi connectivity index (χ0v) is 3.13. The summed E-state index contributed by atoms with van der Waals surface area (Å²) >= 11 is 0. The van der Waals surface area contributed by atoms with Gasteiger partial charge in [-0.25, -0.2) is 0 Å². The van der Waals surface area contributed by atoms with Crippen molar-refractivity contribution in [2.75, 3.05) is 6.54 Å². The summed E-state index contributed by atoms with van der Waals surface area (Å²) in [5, 5.41) is 17.4. The van der Waals surface area contributed by atoms with Crippen LogP contribution >= 0.6 is 0 Å². The van der Waals surface area contributed by atoms with E-state index in [9.17, 15) is 0 Å². The van der Waals surface area contributed by atoms with Crippen molar-refractivity contribution in [1.82, 2.24) is 5.06 Å². The molecule has 0 aromatic carbocycles. The molecular weight excluding hydrogens is 82.0 g/mol. The molecule has 1 aliphatic heterocycles. The second-order valence-electron chi connectivity index (χ2n) is 1.22. The van der Waals surface area contributed by atoms with Gasteiger partial charge in [0, 0.05) is 0 Å². The minimum absolute atomic E-state index is 0.234. The van der Waals surface area contributed by atoms with Crippen molar-refractivity contribution in [3.8, 4) is 0 Å². The average Bonchev–Trinajstić information content (AvgIpc) is 1.33. The van der Waals surface area contributed by atoms with Gasteiger partial charge in [0.1, 0.15) is 12.3 Å². The van der Waals surface area contributed by atoms with E-state index in [2.05, 4.69) is 0 Å². The minimum Gasteiger partial charge on any atom is -0.509 e. The van der Waals surface area contributed by atoms with Crippen LogP contribution in [0.2, 0.25) is 0 Å². The van der Waals surface area contributed by atoms with Gasteiger partial charge >= 0.3 is 0 Å². The molecule has 0 radical (unpaired) electrons. The first-order valence-electron chi connectivity index (χ1n) is 1.64. The van der Waals surface area contributed by atoms with Gasteiger partial charge in [-0.1, -0.05) is 0 Å². The summed E-state index contributed by atoms with van der Waals surface area (Å²) in [6.45, 7) is 0.278. The van der Waals surface area contributed by atoms with Crippen molar-refractivity contribution in [1.29, 1.82) is 0 Å². The second-order valence-corrected chi connectivity index (χ2v) is 1.22. The zero-order valence-electron chi connectivity index (χ0n) is 3.13. The van der Waals surface area contributed by atoms with Crippen LogP contribution in [0.3, 0.4) is 0 Å². The summed E-state index contributed by atoms with van der Waals surface area (Å²) in [6, 6.07) is 0. The Hall–Kier alpha value is -0.700. The molecule has 6 heavy (non-hydrogen) atoms. The molecule has 0 aromatic heterocycles. The molecule has 0 atom stereocenters. The molecular formula is C3H5NO2. The standard InChI is InChI=1S/C3H5NO2/c5-3-1-4(6)2-3/h1,5-6H,2H2. The number of hydroxylamine groups is 2. The molecule has 1 aliphatic rings. The van der Waals surface area contributed by atoms with Gasteiger partial charge in [-0.15, -0.1) is 0 Å². The van der Waals surface area contributed by atoms with Crippen LogP contribution < -0.4 is 0 Å². The predicted octanol–water partition coefficient (Wildman–Crippen LogP) is 0.0906. The van der Waals surface area contributed by atoms with Crippen LogP contribution in [0, 0.1) is 0 Å². The maximum atomic E-state index is 8.28. The Balaban J connectivity index is 2.46. The van der Waals surface area contributed by atoms with E-state index in [1.54, 1.807) is 0 Å². The van der Waals surface area contributed by atoms with Crippen LogP contribution in [0.1, 0.15) is 0 Å². The van der Waals surface area contributed by atoms with Gasteiger partial charge in [0.2, 0.25) is 0 Å². The maximum Gasteiger partial charge on any atom is 0.132 e. The molecule has 3 heteroatoms. The molecule has 3 nitrogen and oxygen atoms in total. The van der Waals surface area contributed by atoms with Crippen molar-refractivity contribution >= 4 is 0 Å². The third-order valence-electron chi connectivity index (χ3n) is 0.622. The Bertz CT molecular complexity index is 88.8. The number of aliphatic hydroxyl groups excluding tert-OH is 1. The molecule has 34 valence electrons. The summed E-state index contributed by atoms with van der Waals surface area (Å²) in [5.41, 5.74) is 0. The molecule has 0 fully saturated rings. The van der Waals surface area contributed by atoms with E-state index in [0.29, 0.717) is 0 Å². The lowest BCUT2D eigenvalue weighted by molar-refractivity contribution is -0.0682. The summed E-state index contributed by atoms with van der Waals surface area (Å²) in [4.78, 5) is 0. The molecule has 0 spiro atoms. The Morgan fingerprint density at radius 2 is 2.33 bits per heavy atom. The highest BCUT2D eigenvalue weighted by molar-refractivity contribution is 5.00. The first kappa shape index (κ1) is 3.49. The van der Waals surface area contributed by atoms with E-state index >= 15 is 0 Å². The first-order valence-corrected chi connectivity index (χ1v) is 1.64. The van der Waals surface area contributed by atoms with E-state index in [1.165, 1.54) is 6.20 Å². The fourth-order valence-corrected chi connectivity index (χ4v) is 0.312. The van der Waals surface area contributed by atoms with Gasteiger partial charge in [0.05, 0.1) is 6.20 Å². The Labute approximate surface area is 35.1 Å². The van der Waals surface area contributed by atoms with Crippen LogP contribution in [0.5, 0.6) is 0 Å². The second kappa shape index (κ2) is 0.879. The van der Waals surface area contributed by atoms with Crippen LogP contribution in [-0.4, -0.2) is 21.9 Å². The van der Waals surface area contributed by atoms with Gasteiger partial charge in [-0.3, -0.25) is 10.3 Å². The van der Waals surface area contributed by atoms with E-state index in [-0.39, 0.29) is 12.3 Å². The molecule has 0 amide bonds. The third-order valence-corrected chi connectivity index (χ3v) is 0.622. The quantitative estimate of drug-likeness (QED) is 0.440. The largest absolute Gasteiger partial charge is 0.509 e. The van der Waals surface area contributed by atoms with Crippen LogP contribution in [-0.2, 0) is 0 Å². The molecule has 2 N–H and O–H groups in total. The molecule has 0 saturated carbocycles. The zero-order chi connectivity index (χ0) is 4.57. The minimum atomic E-state index is 0.234. The summed E-state index contributed by atoms with van der Waals surface area (Å²) < 4.78 is 0. The molecule has 1 rings (SSSR count). The smallest absolute Gasteiger partial charge is 0.132 e. The fourth-order valence-electron chi connectivity index (χ4n) is 0.312. The molecule has 0 saturated heterocycles. The van der Waals surface area contributed by atoms with Crippen molar-refractivity contribution in [2.45, 2.75) is 0 Å². The number of rotatable bonds is 0. The van der Waals surface area contributed by atoms with Crippen molar-refractivity contribution < 1.29 is 10.3 Å². The molecule has 0 aliphatic carbocycles. The van der Waals surface area contributed by atoms with Crippen molar-refractivity contribution in [3.63, 3.8) is 0 Å². The van der Waals surface area contributed by atoms with Gasteiger partial charge in [0.15, 0.2) is 0 Å². The number of nitrogens with zero attached hydrogens (tertiary/aromatic N) is 1. The van der Waals surface area contributed by atoms with Crippen LogP contribution in [0.15, 0.2) is 12.0 Å². The van der Waals surface area contributed by atoms with E-state index < -0.39 is 0 Å². The number of hydrogen-bond donors (Lipinski definition) is 2. The lowest BCUT2D eigenvalue weighted by atomic mass is 10.4. The third kappa shape index (κ3) is 0.328. The SMILES string of the molecule is OC1=CN(O)C1. The van der Waals surface area contributed by atoms with E-state index in [4.69, 9.17) is 10.3 Å². The van der Waals surface area contributed by atoms with Crippen LogP contribution in [0.4, 0.5) is 0 Å². The lowest BCUT2D eigenvalue weighted by Gasteiger charge is -2.19. The predicted molar refractivity (Wildman–Crippen MR) is 19.2 cm³/mol. The van der Waals surface area contributed by atoms with Gasteiger partial charge in [0.25, 0.3) is 0 Å². The first-order chi connectivity index (χ1) is 2.79. The molecule has 0 aromatic rings. The van der Waals surface area contributed by atoms with E-state index in [1.807, 2.05) is 0 Å². The Kier molecular flexibility index (Phi) is 0.511. The Morgan fingerprint density at radius 3 is 2.33 bits per heavy atom. The Morgan fingerprint density at radius 1 is 1.83 bits per heavy atom. The van der Waals surface area contributed by atoms with Crippen LogP contribution in [0.25, 0.3) is 0 Å². The highest BCUT2D eigenvalue weighted by atomic mass is 16.5. The topological polar surface area (TPSA) is 43.7 Å². The van der Waals surface area contributed by atoms with E-state index in [0.717, 1.165) is 5.06 Å². The van der Waals surface area contributed by atoms with Crippen molar-refractivity contribution in [2.24, 2.45) is 0 Å². The highest BCUT2D eigenvalue weighted by Crippen LogP contribution is 2.03. The molecule has 1 heterocycles. The summed E-state index contributed by atoms with van der Waals surface area (Å²) in [7, 11) is 0. The summed E-state index contributed by atoms with van der Waals surface area (Å²) in [5.74, 6) is 0.234. The lowest BCUT2D eigenvalue weighted by Crippen LogP contribution is -2.25. The van der Waals surface area contributed by atoms with Gasteiger partial charge in [-0.2, -0.15) is 0 Å². The number of hydrogen-bond acceptors (Lipinski definition) is 3. The normalized spacial score (nSPS) is 19.5. The highest BCUT2D eigenvalue weighted by Gasteiger charge is 2.08. The van der Waals surface area contributed by atoms with Gasteiger partial charge < -0.3 is 5.11 Å². The summed E-state index contributed by atoms with van der Waals surface area (Å²) in [6.07, 6.45) is 1.25. The molecule has 0 bridgehead atoms. The molecule has 0 unspecified atom stereocenters. The number of aliphatic hydroxyl groups is 1. The van der Waals surface area contributed by atoms with Crippen molar-refractivity contribution in [3.05, 3.63) is 12.0 Å².